The van der Waals surface area contributed by atoms with Crippen LogP contribution in [0.25, 0.3) is 0 Å². The van der Waals surface area contributed by atoms with Crippen molar-refractivity contribution in [2.45, 2.75) is 18.8 Å². The summed E-state index contributed by atoms with van der Waals surface area (Å²) in [4.78, 5) is 10.7. The van der Waals surface area contributed by atoms with Crippen LogP contribution in [0.4, 0.5) is 5.69 Å². The lowest BCUT2D eigenvalue weighted by molar-refractivity contribution is -0.142. The van der Waals surface area contributed by atoms with E-state index >= 15 is 0 Å². The summed E-state index contributed by atoms with van der Waals surface area (Å²) in [6.07, 6.45) is 0. The van der Waals surface area contributed by atoms with Gasteiger partial charge in [0.05, 0.1) is 6.61 Å². The Morgan fingerprint density at radius 1 is 1.44 bits per heavy atom. The molecule has 4 nitrogen and oxygen atoms in total. The number of esters is 1. The molecule has 0 bridgehead atoms. The third kappa shape index (κ3) is 4.20. The molecular weight excluding hydrogens is 272 g/mol. The van der Waals surface area contributed by atoms with Crippen molar-refractivity contribution in [3.8, 4) is 0 Å². The Bertz CT molecular complexity index is 340. The number of carbonyl (C=O) groups excluding carboxylic acids is 1. The predicted octanol–water partition coefficient (Wildman–Crippen LogP) is 2.20. The van der Waals surface area contributed by atoms with Crippen LogP contribution >= 0.6 is 15.9 Å². The van der Waals surface area contributed by atoms with E-state index in [0.29, 0.717) is 6.61 Å². The van der Waals surface area contributed by atoms with Crippen LogP contribution in [-0.4, -0.2) is 17.5 Å². The molecular formula is C11H15BrN2O2. The van der Waals surface area contributed by atoms with Crippen molar-refractivity contribution in [3.63, 3.8) is 0 Å². The quantitative estimate of drug-likeness (QED) is 0.377. The summed E-state index contributed by atoms with van der Waals surface area (Å²) in [5.41, 5.74) is 7.78. The van der Waals surface area contributed by atoms with Crippen molar-refractivity contribution in [1.29, 1.82) is 0 Å². The fourth-order valence-corrected chi connectivity index (χ4v) is 1.30. The number of carbonyl (C=O) groups is 1. The highest BCUT2D eigenvalue weighted by Crippen LogP contribution is 2.08. The SMILES string of the molecule is CCOC(=O)C(Br)NNc1ccc(C)cc1. The minimum Gasteiger partial charge on any atom is -0.464 e. The van der Waals surface area contributed by atoms with Crippen molar-refractivity contribution < 1.29 is 9.53 Å². The van der Waals surface area contributed by atoms with Gasteiger partial charge in [-0.2, -0.15) is 0 Å². The molecule has 2 N–H and O–H groups in total. The third-order valence-corrected chi connectivity index (χ3v) is 2.49. The Hall–Kier alpha value is -1.07. The first kappa shape index (κ1) is 13.0. The van der Waals surface area contributed by atoms with Gasteiger partial charge in [0, 0.05) is 5.69 Å². The van der Waals surface area contributed by atoms with Crippen molar-refractivity contribution in [3.05, 3.63) is 29.8 Å². The summed E-state index contributed by atoms with van der Waals surface area (Å²) in [6.45, 7) is 4.15. The number of anilines is 1. The van der Waals surface area contributed by atoms with Crippen molar-refractivity contribution in [2.24, 2.45) is 0 Å². The Morgan fingerprint density at radius 2 is 2.06 bits per heavy atom. The van der Waals surface area contributed by atoms with Gasteiger partial charge < -0.3 is 10.2 Å². The fourth-order valence-electron chi connectivity index (χ4n) is 1.06. The molecule has 1 rings (SSSR count). The summed E-state index contributed by atoms with van der Waals surface area (Å²) < 4.78 is 4.82. The van der Waals surface area contributed by atoms with E-state index in [-0.39, 0.29) is 5.97 Å². The molecule has 0 fully saturated rings. The van der Waals surface area contributed by atoms with E-state index in [2.05, 4.69) is 26.8 Å². The van der Waals surface area contributed by atoms with E-state index in [9.17, 15) is 4.79 Å². The van der Waals surface area contributed by atoms with Crippen molar-refractivity contribution in [1.82, 2.24) is 5.43 Å². The van der Waals surface area contributed by atoms with Crippen LogP contribution in [-0.2, 0) is 9.53 Å². The summed E-state index contributed by atoms with van der Waals surface area (Å²) in [5.74, 6) is -0.345. The minimum atomic E-state index is -0.561. The normalized spacial score (nSPS) is 11.9. The van der Waals surface area contributed by atoms with Crippen LogP contribution in [0.1, 0.15) is 12.5 Å². The van der Waals surface area contributed by atoms with Gasteiger partial charge in [-0.1, -0.05) is 33.6 Å². The molecule has 0 saturated carbocycles. The Labute approximate surface area is 103 Å². The molecule has 1 aromatic carbocycles. The number of hydrazine groups is 1. The molecule has 0 amide bonds. The van der Waals surface area contributed by atoms with Crippen LogP contribution in [0.15, 0.2) is 24.3 Å². The molecule has 0 radical (unpaired) electrons. The van der Waals surface area contributed by atoms with Crippen molar-refractivity contribution >= 4 is 27.6 Å². The Kier molecular flexibility index (Phi) is 5.28. The zero-order valence-corrected chi connectivity index (χ0v) is 10.9. The molecule has 0 aliphatic heterocycles. The van der Waals surface area contributed by atoms with E-state index in [0.717, 1.165) is 5.69 Å². The number of rotatable bonds is 5. The van der Waals surface area contributed by atoms with Gasteiger partial charge in [0.1, 0.15) is 0 Å². The van der Waals surface area contributed by atoms with Crippen LogP contribution in [0.3, 0.4) is 0 Å². The Balaban J connectivity index is 2.39. The summed E-state index contributed by atoms with van der Waals surface area (Å²) in [7, 11) is 0. The van der Waals surface area contributed by atoms with Gasteiger partial charge >= 0.3 is 5.97 Å². The maximum absolute atomic E-state index is 11.2. The highest BCUT2D eigenvalue weighted by Gasteiger charge is 2.14. The molecule has 0 aromatic heterocycles. The first-order chi connectivity index (χ1) is 7.63. The maximum Gasteiger partial charge on any atom is 0.335 e. The number of hydrogen-bond acceptors (Lipinski definition) is 4. The van der Waals surface area contributed by atoms with Crippen LogP contribution in [0.2, 0.25) is 0 Å². The van der Waals surface area contributed by atoms with Crippen LogP contribution in [0.5, 0.6) is 0 Å². The van der Waals surface area contributed by atoms with E-state index in [4.69, 9.17) is 4.74 Å². The number of hydrogen-bond donors (Lipinski definition) is 2. The average molecular weight is 287 g/mol. The minimum absolute atomic E-state index is 0.345. The summed E-state index contributed by atoms with van der Waals surface area (Å²) in [5, 5.41) is 0. The Morgan fingerprint density at radius 3 is 2.62 bits per heavy atom. The molecule has 0 saturated heterocycles. The third-order valence-electron chi connectivity index (χ3n) is 1.89. The highest BCUT2D eigenvalue weighted by molar-refractivity contribution is 9.09. The van der Waals surface area contributed by atoms with Gasteiger partial charge in [-0.15, -0.1) is 0 Å². The van der Waals surface area contributed by atoms with Gasteiger partial charge in [0.15, 0.2) is 4.95 Å². The van der Waals surface area contributed by atoms with Gasteiger partial charge in [-0.05, 0) is 26.0 Å². The first-order valence-corrected chi connectivity index (χ1v) is 5.94. The van der Waals surface area contributed by atoms with E-state index in [1.54, 1.807) is 6.92 Å². The second-order valence-electron chi connectivity index (χ2n) is 3.25. The largest absolute Gasteiger partial charge is 0.464 e. The maximum atomic E-state index is 11.2. The number of ether oxygens (including phenoxy) is 1. The van der Waals surface area contributed by atoms with E-state index < -0.39 is 4.95 Å². The number of aryl methyl sites for hydroxylation is 1. The number of alkyl halides is 1. The molecule has 0 aliphatic carbocycles. The van der Waals surface area contributed by atoms with E-state index in [1.807, 2.05) is 31.2 Å². The molecule has 1 aromatic rings. The zero-order valence-electron chi connectivity index (χ0n) is 9.29. The second-order valence-corrected chi connectivity index (χ2v) is 4.17. The van der Waals surface area contributed by atoms with Crippen LogP contribution < -0.4 is 10.9 Å². The number of nitrogens with one attached hydrogen (secondary N) is 2. The highest BCUT2D eigenvalue weighted by atomic mass is 79.9. The molecule has 5 heteroatoms. The molecule has 16 heavy (non-hydrogen) atoms. The fraction of sp³-hybridized carbons (Fsp3) is 0.364. The average Bonchev–Trinajstić information content (AvgIpc) is 2.28. The summed E-state index contributed by atoms with van der Waals surface area (Å²) >= 11 is 3.17. The number of halogens is 1. The van der Waals surface area contributed by atoms with Gasteiger partial charge in [0.25, 0.3) is 0 Å². The predicted molar refractivity (Wildman–Crippen MR) is 67.3 cm³/mol. The topological polar surface area (TPSA) is 50.4 Å². The zero-order chi connectivity index (χ0) is 12.0. The lowest BCUT2D eigenvalue weighted by atomic mass is 10.2. The van der Waals surface area contributed by atoms with Crippen LogP contribution in [0, 0.1) is 6.92 Å². The number of benzene rings is 1. The molecule has 88 valence electrons. The van der Waals surface area contributed by atoms with Gasteiger partial charge in [0.2, 0.25) is 0 Å². The monoisotopic (exact) mass is 286 g/mol. The molecule has 0 spiro atoms. The van der Waals surface area contributed by atoms with E-state index in [1.165, 1.54) is 5.56 Å². The lowest BCUT2D eigenvalue weighted by Crippen LogP contribution is -2.36. The van der Waals surface area contributed by atoms with Gasteiger partial charge in [-0.25, -0.2) is 10.2 Å². The molecule has 1 unspecified atom stereocenters. The van der Waals surface area contributed by atoms with Gasteiger partial charge in [-0.3, -0.25) is 0 Å². The smallest absolute Gasteiger partial charge is 0.335 e. The lowest BCUT2D eigenvalue weighted by Gasteiger charge is -2.13. The first-order valence-electron chi connectivity index (χ1n) is 5.02. The molecule has 0 heterocycles. The van der Waals surface area contributed by atoms with Crippen molar-refractivity contribution in [2.75, 3.05) is 12.0 Å². The molecule has 0 aliphatic rings. The standard InChI is InChI=1S/C11H15BrN2O2/c1-3-16-11(15)10(12)14-13-9-6-4-8(2)5-7-9/h4-7,10,13-14H,3H2,1-2H3. The second kappa shape index (κ2) is 6.50. The molecule has 1 atom stereocenters. The summed E-state index contributed by atoms with van der Waals surface area (Å²) in [6, 6.07) is 7.82.